The first-order valence-corrected chi connectivity index (χ1v) is 28.3. The van der Waals surface area contributed by atoms with E-state index in [1.165, 1.54) is 173 Å². The van der Waals surface area contributed by atoms with Gasteiger partial charge in [-0.15, -0.1) is 0 Å². The molecule has 2 N–H and O–H groups in total. The summed E-state index contributed by atoms with van der Waals surface area (Å²) in [5, 5.41) is 13.8. The van der Waals surface area contributed by atoms with Crippen LogP contribution in [0.4, 0.5) is 0 Å². The first-order chi connectivity index (χ1) is 30.5. The minimum atomic E-state index is -4.60. The number of aliphatic hydroxyl groups is 1. The number of hydrogen-bond donors (Lipinski definition) is 2. The molecule has 8 nitrogen and oxygen atoms in total. The Bertz CT molecular complexity index is 1120. The topological polar surface area (TPSA) is 108 Å². The molecule has 0 fully saturated rings. The summed E-state index contributed by atoms with van der Waals surface area (Å²) in [6, 6.07) is -0.906. The highest BCUT2D eigenvalue weighted by molar-refractivity contribution is 7.45. The van der Waals surface area contributed by atoms with Gasteiger partial charge in [-0.05, 0) is 57.8 Å². The van der Waals surface area contributed by atoms with E-state index in [1.54, 1.807) is 6.08 Å². The number of carbonyl (C=O) groups is 1. The van der Waals surface area contributed by atoms with Gasteiger partial charge in [0.05, 0.1) is 39.9 Å². The molecular weight excluding hydrogens is 804 g/mol. The molecule has 3 unspecified atom stereocenters. The van der Waals surface area contributed by atoms with Gasteiger partial charge >= 0.3 is 0 Å². The number of likely N-dealkylation sites (N-methyl/N-ethyl adjacent to an activating group) is 1. The van der Waals surface area contributed by atoms with Crippen LogP contribution in [0.5, 0.6) is 0 Å². The molecule has 1 amide bonds. The molecule has 9 heteroatoms. The highest BCUT2D eigenvalue weighted by atomic mass is 31.2. The van der Waals surface area contributed by atoms with E-state index in [4.69, 9.17) is 9.05 Å². The molecule has 0 radical (unpaired) electrons. The van der Waals surface area contributed by atoms with Crippen molar-refractivity contribution in [1.29, 1.82) is 0 Å². The molecule has 0 aliphatic carbocycles. The molecule has 0 aliphatic rings. The molecule has 0 saturated carbocycles. The molecule has 0 rings (SSSR count). The number of carbonyl (C=O) groups excluding carboxylic acids is 1. The highest BCUT2D eigenvalue weighted by Crippen LogP contribution is 2.38. The Morgan fingerprint density at radius 2 is 0.889 bits per heavy atom. The van der Waals surface area contributed by atoms with Gasteiger partial charge in [-0.1, -0.05) is 224 Å². The Kier molecular flexibility index (Phi) is 44.9. The standard InChI is InChI=1S/C54H105N2O6P/c1-6-8-10-12-14-16-18-20-21-22-23-24-25-26-27-28-29-30-31-32-33-34-36-37-39-41-43-45-47-53(57)52(51-62-63(59,60)61-50-49-56(3,4)5)55-54(58)48-46-44-42-40-38-35-19-17-15-13-11-9-7-2/h17,19,37,39,45,47,52-53,57H,6-16,18,20-36,38,40-44,46,48-51H2,1-5H3,(H-,55,58,59,60)/b19-17-,39-37+,47-45+. The van der Waals surface area contributed by atoms with Gasteiger partial charge in [-0.25, -0.2) is 0 Å². The van der Waals surface area contributed by atoms with Gasteiger partial charge < -0.3 is 28.8 Å². The fraction of sp³-hybridized carbons (Fsp3) is 0.870. The molecule has 0 bridgehead atoms. The SMILES string of the molecule is CCCCCC/C=C\CCCCCCCC(=O)NC(COP(=O)([O-])OCC[N+](C)(C)C)C(O)/C=C/CC/C=C/CCCCCCCCCCCCCCCCCCCCCCCC. The Labute approximate surface area is 391 Å². The van der Waals surface area contributed by atoms with Crippen molar-refractivity contribution in [3.05, 3.63) is 36.5 Å². The van der Waals surface area contributed by atoms with Crippen molar-refractivity contribution in [3.63, 3.8) is 0 Å². The van der Waals surface area contributed by atoms with Gasteiger partial charge in [-0.2, -0.15) is 0 Å². The summed E-state index contributed by atoms with van der Waals surface area (Å²) in [7, 11) is 1.24. The molecule has 3 atom stereocenters. The highest BCUT2D eigenvalue weighted by Gasteiger charge is 2.23. The van der Waals surface area contributed by atoms with E-state index in [1.807, 2.05) is 27.2 Å². The minimum absolute atomic E-state index is 0.00769. The van der Waals surface area contributed by atoms with Crippen molar-refractivity contribution < 1.29 is 32.9 Å². The van der Waals surface area contributed by atoms with Crippen LogP contribution in [0.3, 0.4) is 0 Å². The second-order valence-electron chi connectivity index (χ2n) is 19.6. The molecule has 372 valence electrons. The van der Waals surface area contributed by atoms with Gasteiger partial charge in [-0.3, -0.25) is 9.36 Å². The predicted octanol–water partition coefficient (Wildman–Crippen LogP) is 15.2. The molecule has 0 heterocycles. The number of allylic oxidation sites excluding steroid dienone is 5. The molecule has 0 aromatic rings. The maximum atomic E-state index is 12.9. The molecule has 0 aromatic heterocycles. The van der Waals surface area contributed by atoms with E-state index in [9.17, 15) is 19.4 Å². The number of phosphoric ester groups is 1. The maximum absolute atomic E-state index is 12.9. The summed E-state index contributed by atoms with van der Waals surface area (Å²) in [6.45, 7) is 4.62. The van der Waals surface area contributed by atoms with Crippen LogP contribution in [-0.4, -0.2) is 68.5 Å². The Hall–Kier alpha value is -1.28. The zero-order valence-corrected chi connectivity index (χ0v) is 43.2. The fourth-order valence-corrected chi connectivity index (χ4v) is 8.53. The number of nitrogens with one attached hydrogen (secondary N) is 1. The molecule has 0 saturated heterocycles. The Morgan fingerprint density at radius 1 is 0.540 bits per heavy atom. The van der Waals surface area contributed by atoms with Crippen molar-refractivity contribution >= 4 is 13.7 Å². The summed E-state index contributed by atoms with van der Waals surface area (Å²) in [4.78, 5) is 25.4. The smallest absolute Gasteiger partial charge is 0.268 e. The van der Waals surface area contributed by atoms with Crippen molar-refractivity contribution in [2.75, 3.05) is 40.9 Å². The zero-order chi connectivity index (χ0) is 46.4. The number of hydrogen-bond acceptors (Lipinski definition) is 6. The van der Waals surface area contributed by atoms with Crippen molar-refractivity contribution in [2.45, 2.75) is 264 Å². The quantitative estimate of drug-likeness (QED) is 0.0272. The van der Waals surface area contributed by atoms with Crippen LogP contribution in [0.2, 0.25) is 0 Å². The van der Waals surface area contributed by atoms with E-state index < -0.39 is 26.6 Å². The van der Waals surface area contributed by atoms with Gasteiger partial charge in [0.1, 0.15) is 13.2 Å². The fourth-order valence-electron chi connectivity index (χ4n) is 7.81. The number of amides is 1. The van der Waals surface area contributed by atoms with Crippen LogP contribution in [0.15, 0.2) is 36.5 Å². The normalized spacial score (nSPS) is 14.3. The number of nitrogens with zero attached hydrogens (tertiary/aromatic N) is 1. The molecule has 0 aliphatic heterocycles. The number of quaternary nitrogens is 1. The van der Waals surface area contributed by atoms with E-state index in [0.717, 1.165) is 57.8 Å². The van der Waals surface area contributed by atoms with Gasteiger partial charge in [0.25, 0.3) is 7.82 Å². The van der Waals surface area contributed by atoms with E-state index in [-0.39, 0.29) is 12.5 Å². The van der Waals surface area contributed by atoms with Gasteiger partial charge in [0, 0.05) is 6.42 Å². The lowest BCUT2D eigenvalue weighted by atomic mass is 10.0. The third-order valence-corrected chi connectivity index (χ3v) is 13.0. The second kappa shape index (κ2) is 45.9. The second-order valence-corrected chi connectivity index (χ2v) is 21.0. The summed E-state index contributed by atoms with van der Waals surface area (Å²) < 4.78 is 23.2. The first-order valence-electron chi connectivity index (χ1n) is 26.9. The summed E-state index contributed by atoms with van der Waals surface area (Å²) in [5.74, 6) is -0.216. The predicted molar refractivity (Wildman–Crippen MR) is 270 cm³/mol. The van der Waals surface area contributed by atoms with Crippen LogP contribution in [0.1, 0.15) is 251 Å². The van der Waals surface area contributed by atoms with E-state index in [2.05, 4.69) is 43.5 Å². The van der Waals surface area contributed by atoms with Crippen molar-refractivity contribution in [2.24, 2.45) is 0 Å². The first kappa shape index (κ1) is 61.7. The lowest BCUT2D eigenvalue weighted by Crippen LogP contribution is -2.45. The molecule has 0 spiro atoms. The molecule has 0 aromatic carbocycles. The Balaban J connectivity index is 4.21. The largest absolute Gasteiger partial charge is 0.756 e. The van der Waals surface area contributed by atoms with Crippen LogP contribution in [0, 0.1) is 0 Å². The monoisotopic (exact) mass is 909 g/mol. The van der Waals surface area contributed by atoms with Crippen molar-refractivity contribution in [3.8, 4) is 0 Å². The maximum Gasteiger partial charge on any atom is 0.268 e. The zero-order valence-electron chi connectivity index (χ0n) is 42.3. The molecule has 63 heavy (non-hydrogen) atoms. The molecular formula is C54H105N2O6P. The summed E-state index contributed by atoms with van der Waals surface area (Å²) in [6.07, 6.45) is 58.0. The van der Waals surface area contributed by atoms with Gasteiger partial charge in [0.2, 0.25) is 5.91 Å². The van der Waals surface area contributed by atoms with Crippen LogP contribution < -0.4 is 10.2 Å². The number of unbranched alkanes of at least 4 members (excludes halogenated alkanes) is 32. The summed E-state index contributed by atoms with van der Waals surface area (Å²) >= 11 is 0. The van der Waals surface area contributed by atoms with Crippen LogP contribution >= 0.6 is 7.82 Å². The van der Waals surface area contributed by atoms with Gasteiger partial charge in [0.15, 0.2) is 0 Å². The minimum Gasteiger partial charge on any atom is -0.756 e. The van der Waals surface area contributed by atoms with Crippen LogP contribution in [0.25, 0.3) is 0 Å². The Morgan fingerprint density at radius 3 is 1.30 bits per heavy atom. The number of aliphatic hydroxyl groups excluding tert-OH is 1. The number of rotatable bonds is 49. The lowest BCUT2D eigenvalue weighted by molar-refractivity contribution is -0.870. The third-order valence-electron chi connectivity index (χ3n) is 12.1. The van der Waals surface area contributed by atoms with E-state index in [0.29, 0.717) is 17.4 Å². The average molecular weight is 909 g/mol. The third kappa shape index (κ3) is 48.5. The average Bonchev–Trinajstić information content (AvgIpc) is 3.24. The lowest BCUT2D eigenvalue weighted by Gasteiger charge is -2.29. The summed E-state index contributed by atoms with van der Waals surface area (Å²) in [5.41, 5.74) is 0. The van der Waals surface area contributed by atoms with E-state index >= 15 is 0 Å². The van der Waals surface area contributed by atoms with Crippen LogP contribution in [-0.2, 0) is 18.4 Å². The number of phosphoric acid groups is 1. The van der Waals surface area contributed by atoms with Crippen molar-refractivity contribution in [1.82, 2.24) is 5.32 Å².